The first-order chi connectivity index (χ1) is 40.2. The molecule has 84 heavy (non-hydrogen) atoms. The van der Waals surface area contributed by atoms with E-state index in [1.807, 2.05) is 12.1 Å². The molecule has 0 unspecified atom stereocenters. The first-order valence-corrected chi connectivity index (χ1v) is 26.9. The summed E-state index contributed by atoms with van der Waals surface area (Å²) in [6, 6.07) is 10.8. The molecule has 0 aliphatic carbocycles. The molecule has 3 aliphatic rings. The molecular formula is C50H60Cl4N24O6. The summed E-state index contributed by atoms with van der Waals surface area (Å²) in [4.78, 5) is 67.5. The molecule has 0 aromatic carbocycles. The number of methoxy groups -OCH3 is 2. The molecule has 0 spiro atoms. The van der Waals surface area contributed by atoms with Crippen LogP contribution in [0.15, 0.2) is 49.1 Å². The maximum absolute atomic E-state index is 11.7. The van der Waals surface area contributed by atoms with E-state index in [4.69, 9.17) is 78.9 Å². The largest absolute Gasteiger partial charge is 0.464 e. The summed E-state index contributed by atoms with van der Waals surface area (Å²) < 4.78 is 9.08. The zero-order valence-electron chi connectivity index (χ0n) is 46.1. The molecule has 9 rings (SSSR count). The molecule has 6 aromatic heterocycles. The third kappa shape index (κ3) is 21.6. The minimum Gasteiger partial charge on any atom is -0.464 e. The van der Waals surface area contributed by atoms with Gasteiger partial charge in [0.1, 0.15) is 23.8 Å². The first-order valence-electron chi connectivity index (χ1n) is 25.4. The molecule has 10 N–H and O–H groups in total. The van der Waals surface area contributed by atoms with Crippen LogP contribution in [-0.2, 0) is 9.47 Å². The first kappa shape index (κ1) is 66.2. The Bertz CT molecular complexity index is 3250. The van der Waals surface area contributed by atoms with Crippen LogP contribution in [0, 0.1) is 22.7 Å². The Morgan fingerprint density at radius 3 is 1.29 bits per heavy atom. The number of nitrogen functional groups attached to an aromatic ring is 1. The number of halogens is 4. The number of carbonyl (C=O) groups is 4. The highest BCUT2D eigenvalue weighted by atomic mass is 35.5. The number of nitrogens with zero attached hydrogens (tertiary/aromatic N) is 17. The minimum atomic E-state index is -0.641. The topological polar surface area (TPSA) is 425 Å². The smallest absolute Gasteiger partial charge is 0.360 e. The molecular weight excluding hydrogens is 1170 g/mol. The Labute approximate surface area is 502 Å². The van der Waals surface area contributed by atoms with Gasteiger partial charge in [0, 0.05) is 36.3 Å². The predicted molar refractivity (Wildman–Crippen MR) is 311 cm³/mol. The van der Waals surface area contributed by atoms with E-state index in [2.05, 4.69) is 123 Å². The van der Waals surface area contributed by atoms with E-state index < -0.39 is 23.8 Å². The fourth-order valence-corrected chi connectivity index (χ4v) is 8.52. The van der Waals surface area contributed by atoms with Gasteiger partial charge in [-0.2, -0.15) is 10.5 Å². The molecule has 9 heterocycles. The third-order valence-electron chi connectivity index (χ3n) is 12.3. The molecule has 0 atom stereocenters. The molecule has 3 saturated heterocycles. The highest BCUT2D eigenvalue weighted by molar-refractivity contribution is 6.35. The lowest BCUT2D eigenvalue weighted by molar-refractivity contribution is 0.0584. The second-order valence-corrected chi connectivity index (χ2v) is 20.1. The molecule has 6 aromatic rings. The van der Waals surface area contributed by atoms with Crippen molar-refractivity contribution in [1.29, 1.82) is 10.5 Å². The van der Waals surface area contributed by atoms with E-state index in [0.29, 0.717) is 46.6 Å². The highest BCUT2D eigenvalue weighted by Gasteiger charge is 2.24. The van der Waals surface area contributed by atoms with Crippen LogP contribution in [0.25, 0.3) is 0 Å². The zero-order chi connectivity index (χ0) is 61.3. The van der Waals surface area contributed by atoms with Gasteiger partial charge in [0.15, 0.2) is 55.4 Å². The lowest BCUT2D eigenvalue weighted by Crippen LogP contribution is -2.37. The number of carbonyl (C=O) groups excluding carboxylic acids is 4. The average Bonchev–Trinajstić information content (AvgIpc) is 3.67. The van der Waals surface area contributed by atoms with Crippen molar-refractivity contribution in [3.05, 3.63) is 104 Å². The molecule has 0 saturated carbocycles. The number of likely N-dealkylation sites (tertiary alicyclic amines) is 3. The molecule has 30 nitrogen and oxygen atoms in total. The molecule has 34 heteroatoms. The maximum Gasteiger partial charge on any atom is 0.360 e. The van der Waals surface area contributed by atoms with Crippen molar-refractivity contribution in [2.45, 2.75) is 56.7 Å². The SMILES string of the molecule is CN1CCC(Nc2cc(Cl)nnc2C(N)=O)CC1.CN1CCC(Nc2cc(Nc3cnc(C#N)cn3)nnc2C(N)=O)CC1.COC(=O)c1nnc(Cl)cc1Cl.COC(=O)c1nnc(Cl)cc1NC1CCN(C)CC1.N#Cc1cnc(N)cn1. The van der Waals surface area contributed by atoms with Gasteiger partial charge in [-0.05, 0) is 105 Å². The number of hydrogen-bond acceptors (Lipinski definition) is 28. The van der Waals surface area contributed by atoms with Gasteiger partial charge in [-0.15, -0.1) is 40.8 Å². The number of anilines is 6. The van der Waals surface area contributed by atoms with E-state index in [1.54, 1.807) is 18.2 Å². The highest BCUT2D eigenvalue weighted by Crippen LogP contribution is 2.25. The van der Waals surface area contributed by atoms with Crippen molar-refractivity contribution < 1.29 is 28.7 Å². The average molecular weight is 1240 g/mol. The number of nitrogens with two attached hydrogens (primary N) is 3. The van der Waals surface area contributed by atoms with E-state index in [1.165, 1.54) is 45.1 Å². The van der Waals surface area contributed by atoms with Crippen LogP contribution in [0.3, 0.4) is 0 Å². The molecule has 3 aliphatic heterocycles. The summed E-state index contributed by atoms with van der Waals surface area (Å²) in [5.41, 5.74) is 18.4. The van der Waals surface area contributed by atoms with Crippen molar-refractivity contribution in [2.24, 2.45) is 11.5 Å². The number of esters is 2. The Morgan fingerprint density at radius 2 is 0.893 bits per heavy atom. The van der Waals surface area contributed by atoms with Crippen LogP contribution >= 0.6 is 46.4 Å². The summed E-state index contributed by atoms with van der Waals surface area (Å²) in [7, 11) is 8.82. The Hall–Kier alpha value is -8.62. The van der Waals surface area contributed by atoms with Crippen LogP contribution in [0.1, 0.15) is 91.9 Å². The van der Waals surface area contributed by atoms with Crippen LogP contribution in [0.5, 0.6) is 0 Å². The summed E-state index contributed by atoms with van der Waals surface area (Å²) >= 11 is 22.7. The molecule has 2 amide bonds. The number of nitriles is 2. The van der Waals surface area contributed by atoms with Crippen molar-refractivity contribution in [3.63, 3.8) is 0 Å². The van der Waals surface area contributed by atoms with Gasteiger partial charge in [-0.3, -0.25) is 9.59 Å². The van der Waals surface area contributed by atoms with Crippen LogP contribution in [0.2, 0.25) is 20.5 Å². The van der Waals surface area contributed by atoms with Crippen molar-refractivity contribution in [2.75, 3.05) is 102 Å². The fraction of sp³-hybridized carbons (Fsp3) is 0.400. The number of piperidine rings is 3. The number of ether oxygens (including phenoxy) is 2. The third-order valence-corrected chi connectivity index (χ3v) is 13.1. The van der Waals surface area contributed by atoms with Gasteiger partial charge in [-0.1, -0.05) is 46.4 Å². The summed E-state index contributed by atoms with van der Waals surface area (Å²) in [6.07, 6.45) is 11.4. The minimum absolute atomic E-state index is 0.0384. The molecule has 3 fully saturated rings. The lowest BCUT2D eigenvalue weighted by atomic mass is 10.1. The van der Waals surface area contributed by atoms with Gasteiger partial charge in [0.25, 0.3) is 11.8 Å². The van der Waals surface area contributed by atoms with E-state index in [0.717, 1.165) is 77.8 Å². The second-order valence-electron chi connectivity index (χ2n) is 18.6. The Kier molecular flexibility index (Phi) is 26.4. The van der Waals surface area contributed by atoms with Crippen molar-refractivity contribution in [1.82, 2.24) is 75.4 Å². The number of hydrogen-bond donors (Lipinski definition) is 7. The van der Waals surface area contributed by atoms with Gasteiger partial charge in [0.2, 0.25) is 0 Å². The van der Waals surface area contributed by atoms with E-state index in [-0.39, 0.29) is 60.7 Å². The van der Waals surface area contributed by atoms with E-state index >= 15 is 0 Å². The van der Waals surface area contributed by atoms with Crippen molar-refractivity contribution in [3.8, 4) is 12.1 Å². The van der Waals surface area contributed by atoms with Gasteiger partial charge >= 0.3 is 11.9 Å². The zero-order valence-corrected chi connectivity index (χ0v) is 49.2. The molecule has 0 bridgehead atoms. The standard InChI is InChI=1S/C16H19N9O.C12H17ClN4O2.C11H16ClN5O.C6H4Cl2N2O2.C5H4N4/c1-25-4-2-10(3-5-25)21-12-6-13(23-24-15(12)16(18)26)22-14-9-19-11(7-17)8-20-14;1-17-5-3-8(4-6-17)14-9-7-10(13)15-16-11(9)12(18)19-2;1-17-4-2-7(3-5-17)14-8-6-9(12)15-16-10(8)11(13)18;1-12-6(11)5-3(7)2-4(8)9-10-5;6-1-4-2-9-5(7)3-8-4/h6,8-10H,2-5H2,1H3,(H2,18,26)(H2,20,21,22,23);7-8H,3-6H2,1-2H3,(H,14,15);6-7H,2-5H2,1H3,(H2,13,18)(H,14,15);2H,1H3;2-3H,(H2,7,9). The second kappa shape index (κ2) is 33.5. The molecule has 0 radical (unpaired) electrons. The Balaban J connectivity index is 0.000000200. The summed E-state index contributed by atoms with van der Waals surface area (Å²) in [6.45, 7) is 6.06. The van der Waals surface area contributed by atoms with Crippen LogP contribution in [0.4, 0.5) is 34.5 Å². The van der Waals surface area contributed by atoms with Gasteiger partial charge < -0.3 is 62.6 Å². The quantitative estimate of drug-likeness (QED) is 0.0846. The number of primary amides is 2. The monoisotopic (exact) mass is 1230 g/mol. The maximum atomic E-state index is 11.7. The van der Waals surface area contributed by atoms with Gasteiger partial charge in [-0.25, -0.2) is 29.5 Å². The predicted octanol–water partition coefficient (Wildman–Crippen LogP) is 4.15. The molecule has 444 valence electrons. The number of nitrogens with one attached hydrogen (secondary N) is 4. The van der Waals surface area contributed by atoms with E-state index in [9.17, 15) is 19.2 Å². The van der Waals surface area contributed by atoms with Gasteiger partial charge in [0.05, 0.1) is 61.1 Å². The summed E-state index contributed by atoms with van der Waals surface area (Å²) in [5.74, 6) is -1.26. The van der Waals surface area contributed by atoms with Crippen molar-refractivity contribution >= 4 is 105 Å². The van der Waals surface area contributed by atoms with Crippen LogP contribution in [-0.4, -0.2) is 192 Å². The van der Waals surface area contributed by atoms with Crippen LogP contribution < -0.4 is 38.5 Å². The fourth-order valence-electron chi connectivity index (χ4n) is 7.81. The number of rotatable bonds is 12. The normalized spacial score (nSPS) is 14.7. The lowest BCUT2D eigenvalue weighted by Gasteiger charge is -2.30. The Morgan fingerprint density at radius 1 is 0.512 bits per heavy atom. The number of aromatic nitrogens is 12. The number of amides is 2. The summed E-state index contributed by atoms with van der Waals surface area (Å²) in [5, 5.41) is 60.3.